The Morgan fingerprint density at radius 1 is 1.31 bits per heavy atom. The first-order chi connectivity index (χ1) is 7.55. The highest BCUT2D eigenvalue weighted by atomic mass is 32.2. The molecule has 0 saturated heterocycles. The Hall–Kier alpha value is -0.910. The van der Waals surface area contributed by atoms with Crippen molar-refractivity contribution in [2.75, 3.05) is 6.61 Å². The fraction of sp³-hybridized carbons (Fsp3) is 0.455. The highest BCUT2D eigenvalue weighted by Crippen LogP contribution is 2.33. The van der Waals surface area contributed by atoms with Crippen molar-refractivity contribution in [3.05, 3.63) is 29.8 Å². The Labute approximate surface area is 95.0 Å². The summed E-state index contributed by atoms with van der Waals surface area (Å²) >= 11 is 0. The standard InChI is InChI=1S/C11H15NO3S/c12-11(7-13)8-1-3-9(4-2-8)16(14,15)10-5-6-10/h1-4,10-11,13H,5-7,12H2. The van der Waals surface area contributed by atoms with Crippen molar-refractivity contribution >= 4 is 9.84 Å². The van der Waals surface area contributed by atoms with Crippen LogP contribution in [0.15, 0.2) is 29.2 Å². The first-order valence-electron chi connectivity index (χ1n) is 5.26. The molecule has 16 heavy (non-hydrogen) atoms. The highest BCUT2D eigenvalue weighted by Gasteiger charge is 2.36. The zero-order valence-corrected chi connectivity index (χ0v) is 9.65. The van der Waals surface area contributed by atoms with Gasteiger partial charge < -0.3 is 10.8 Å². The molecule has 0 radical (unpaired) electrons. The fourth-order valence-electron chi connectivity index (χ4n) is 1.58. The number of rotatable bonds is 4. The second-order valence-electron chi connectivity index (χ2n) is 4.10. The molecule has 1 aromatic carbocycles. The maximum atomic E-state index is 11.9. The summed E-state index contributed by atoms with van der Waals surface area (Å²) in [6.07, 6.45) is 1.53. The van der Waals surface area contributed by atoms with E-state index in [0.29, 0.717) is 4.90 Å². The van der Waals surface area contributed by atoms with Crippen LogP contribution in [0.25, 0.3) is 0 Å². The minimum atomic E-state index is -3.12. The van der Waals surface area contributed by atoms with Crippen molar-refractivity contribution in [1.82, 2.24) is 0 Å². The van der Waals surface area contributed by atoms with E-state index in [9.17, 15) is 8.42 Å². The molecule has 0 heterocycles. The lowest BCUT2D eigenvalue weighted by molar-refractivity contribution is 0.268. The van der Waals surface area contributed by atoms with E-state index < -0.39 is 15.9 Å². The van der Waals surface area contributed by atoms with Gasteiger partial charge in [0.15, 0.2) is 9.84 Å². The van der Waals surface area contributed by atoms with E-state index in [1.807, 2.05) is 0 Å². The zero-order chi connectivity index (χ0) is 11.8. The predicted molar refractivity (Wildman–Crippen MR) is 60.7 cm³/mol. The molecule has 1 unspecified atom stereocenters. The molecule has 3 N–H and O–H groups in total. The third-order valence-electron chi connectivity index (χ3n) is 2.80. The van der Waals surface area contributed by atoms with Crippen molar-refractivity contribution in [1.29, 1.82) is 0 Å². The lowest BCUT2D eigenvalue weighted by Crippen LogP contribution is -2.14. The highest BCUT2D eigenvalue weighted by molar-refractivity contribution is 7.92. The number of hydrogen-bond donors (Lipinski definition) is 2. The quantitative estimate of drug-likeness (QED) is 0.809. The van der Waals surface area contributed by atoms with Gasteiger partial charge in [-0.05, 0) is 30.5 Å². The Kier molecular flexibility index (Phi) is 3.01. The molecule has 1 atom stereocenters. The minimum absolute atomic E-state index is 0.144. The van der Waals surface area contributed by atoms with Crippen LogP contribution in [0.5, 0.6) is 0 Å². The number of aliphatic hydroxyl groups is 1. The van der Waals surface area contributed by atoms with E-state index in [1.54, 1.807) is 24.3 Å². The molecule has 2 rings (SSSR count). The normalized spacial score (nSPS) is 18.4. The zero-order valence-electron chi connectivity index (χ0n) is 8.83. The van der Waals surface area contributed by atoms with Crippen molar-refractivity contribution < 1.29 is 13.5 Å². The van der Waals surface area contributed by atoms with Crippen LogP contribution < -0.4 is 5.73 Å². The average molecular weight is 241 g/mol. The maximum Gasteiger partial charge on any atom is 0.181 e. The number of aliphatic hydroxyl groups excluding tert-OH is 1. The van der Waals surface area contributed by atoms with E-state index in [1.165, 1.54) is 0 Å². The molecule has 5 heteroatoms. The lowest BCUT2D eigenvalue weighted by atomic mass is 10.1. The van der Waals surface area contributed by atoms with Crippen LogP contribution in [0.3, 0.4) is 0 Å². The number of benzene rings is 1. The van der Waals surface area contributed by atoms with E-state index in [-0.39, 0.29) is 11.9 Å². The lowest BCUT2D eigenvalue weighted by Gasteiger charge is -2.09. The molecule has 4 nitrogen and oxygen atoms in total. The summed E-state index contributed by atoms with van der Waals surface area (Å²) in [6, 6.07) is 6.02. The van der Waals surface area contributed by atoms with Gasteiger partial charge in [0.1, 0.15) is 0 Å². The third-order valence-corrected chi connectivity index (χ3v) is 5.07. The molecule has 0 aromatic heterocycles. The Morgan fingerprint density at radius 3 is 2.31 bits per heavy atom. The topological polar surface area (TPSA) is 80.4 Å². The number of sulfone groups is 1. The molecule has 1 fully saturated rings. The fourth-order valence-corrected chi connectivity index (χ4v) is 3.24. The van der Waals surface area contributed by atoms with Gasteiger partial charge in [0, 0.05) is 0 Å². The van der Waals surface area contributed by atoms with Gasteiger partial charge in [-0.25, -0.2) is 8.42 Å². The number of hydrogen-bond acceptors (Lipinski definition) is 4. The van der Waals surface area contributed by atoms with Gasteiger partial charge in [0.25, 0.3) is 0 Å². The van der Waals surface area contributed by atoms with E-state index in [0.717, 1.165) is 18.4 Å². The van der Waals surface area contributed by atoms with E-state index >= 15 is 0 Å². The summed E-state index contributed by atoms with van der Waals surface area (Å²) in [4.78, 5) is 0.351. The van der Waals surface area contributed by atoms with Crippen LogP contribution in [-0.2, 0) is 9.84 Å². The third kappa shape index (κ3) is 2.11. The Morgan fingerprint density at radius 2 is 1.88 bits per heavy atom. The molecule has 1 saturated carbocycles. The predicted octanol–water partition coefficient (Wildman–Crippen LogP) is 0.615. The monoisotopic (exact) mass is 241 g/mol. The van der Waals surface area contributed by atoms with Crippen LogP contribution in [0.4, 0.5) is 0 Å². The van der Waals surface area contributed by atoms with Crippen LogP contribution in [0, 0.1) is 0 Å². The van der Waals surface area contributed by atoms with Gasteiger partial charge in [-0.2, -0.15) is 0 Å². The molecule has 0 spiro atoms. The van der Waals surface area contributed by atoms with E-state index in [2.05, 4.69) is 0 Å². The van der Waals surface area contributed by atoms with E-state index in [4.69, 9.17) is 10.8 Å². The van der Waals surface area contributed by atoms with Crippen molar-refractivity contribution in [3.63, 3.8) is 0 Å². The van der Waals surface area contributed by atoms with Gasteiger partial charge in [-0.15, -0.1) is 0 Å². The molecule has 0 bridgehead atoms. The van der Waals surface area contributed by atoms with Crippen LogP contribution in [-0.4, -0.2) is 25.4 Å². The van der Waals surface area contributed by atoms with Crippen LogP contribution in [0.1, 0.15) is 24.4 Å². The number of nitrogens with two attached hydrogens (primary N) is 1. The van der Waals surface area contributed by atoms with Crippen LogP contribution in [0.2, 0.25) is 0 Å². The Bertz CT molecular complexity index is 463. The molecule has 1 aliphatic carbocycles. The molecule has 0 aliphatic heterocycles. The smallest absolute Gasteiger partial charge is 0.181 e. The first kappa shape index (κ1) is 11.6. The van der Waals surface area contributed by atoms with Crippen molar-refractivity contribution in [2.24, 2.45) is 5.73 Å². The largest absolute Gasteiger partial charge is 0.394 e. The summed E-state index contributed by atoms with van der Waals surface area (Å²) in [6.45, 7) is -0.144. The maximum absolute atomic E-state index is 11.9. The van der Waals surface area contributed by atoms with Gasteiger partial charge in [0.05, 0.1) is 22.8 Å². The minimum Gasteiger partial charge on any atom is -0.394 e. The Balaban J connectivity index is 2.25. The molecular formula is C11H15NO3S. The van der Waals surface area contributed by atoms with Crippen molar-refractivity contribution in [2.45, 2.75) is 29.0 Å². The molecular weight excluding hydrogens is 226 g/mol. The second-order valence-corrected chi connectivity index (χ2v) is 6.33. The summed E-state index contributed by atoms with van der Waals surface area (Å²) in [5, 5.41) is 8.68. The molecule has 1 aromatic rings. The second kappa shape index (κ2) is 4.16. The van der Waals surface area contributed by atoms with Gasteiger partial charge in [-0.1, -0.05) is 12.1 Å². The summed E-state index contributed by atoms with van der Waals surface area (Å²) in [5.74, 6) is 0. The summed E-state index contributed by atoms with van der Waals surface area (Å²) in [5.41, 5.74) is 6.37. The first-order valence-corrected chi connectivity index (χ1v) is 6.80. The summed E-state index contributed by atoms with van der Waals surface area (Å²) in [7, 11) is -3.12. The molecule has 0 amide bonds. The van der Waals surface area contributed by atoms with Gasteiger partial charge >= 0.3 is 0 Å². The van der Waals surface area contributed by atoms with Crippen LogP contribution >= 0.6 is 0 Å². The summed E-state index contributed by atoms with van der Waals surface area (Å²) < 4.78 is 23.7. The van der Waals surface area contributed by atoms with Crippen molar-refractivity contribution in [3.8, 4) is 0 Å². The molecule has 1 aliphatic rings. The molecule has 88 valence electrons. The SMILES string of the molecule is NC(CO)c1ccc(S(=O)(=O)C2CC2)cc1. The average Bonchev–Trinajstić information content (AvgIpc) is 3.12. The van der Waals surface area contributed by atoms with Gasteiger partial charge in [0.2, 0.25) is 0 Å². The van der Waals surface area contributed by atoms with Gasteiger partial charge in [-0.3, -0.25) is 0 Å².